The molecule has 0 saturated carbocycles. The van der Waals surface area contributed by atoms with Crippen LogP contribution in [0.4, 0.5) is 0 Å². The molecule has 1 saturated heterocycles. The number of hydrogen-bond acceptors (Lipinski definition) is 3. The Morgan fingerprint density at radius 2 is 1.77 bits per heavy atom. The van der Waals surface area contributed by atoms with Crippen LogP contribution in [0.3, 0.4) is 0 Å². The van der Waals surface area contributed by atoms with E-state index in [0.717, 1.165) is 5.46 Å². The van der Waals surface area contributed by atoms with Crippen LogP contribution in [0, 0.1) is 0 Å². The summed E-state index contributed by atoms with van der Waals surface area (Å²) in [7, 11) is -0.143. The highest BCUT2D eigenvalue weighted by Gasteiger charge is 2.25. The molecule has 2 rings (SSSR count). The van der Waals surface area contributed by atoms with Crippen molar-refractivity contribution in [2.45, 2.75) is 4.90 Å². The Hall–Kier alpha value is -0.445. The summed E-state index contributed by atoms with van der Waals surface area (Å²) in [6, 6.07) is 8.29. The quantitative estimate of drug-likeness (QED) is 0.519. The molecule has 68 valence electrons. The predicted octanol–water partition coefficient (Wildman–Crippen LogP) is 1.15. The largest absolute Gasteiger partial charge is 0.494 e. The molecule has 0 N–H and O–H groups in total. The van der Waals surface area contributed by atoms with Crippen LogP contribution in [0.5, 0.6) is 0 Å². The van der Waals surface area contributed by atoms with Gasteiger partial charge in [-0.1, -0.05) is 12.1 Å². The fourth-order valence-corrected chi connectivity index (χ4v) is 1.72. The van der Waals surface area contributed by atoms with Crippen molar-refractivity contribution in [2.75, 3.05) is 19.5 Å². The van der Waals surface area contributed by atoms with Crippen LogP contribution in [0.1, 0.15) is 0 Å². The molecule has 0 spiro atoms. The summed E-state index contributed by atoms with van der Waals surface area (Å²) in [5.74, 6) is 0. The standard InChI is InChI=1S/C9H11BO2S/c1-13-9-4-2-8(3-5-9)10-11-6-7-12-10/h2-5H,6-7H2,1H3. The van der Waals surface area contributed by atoms with Crippen LogP contribution in [-0.2, 0) is 9.31 Å². The molecule has 1 fully saturated rings. The lowest BCUT2D eigenvalue weighted by Gasteiger charge is -2.04. The van der Waals surface area contributed by atoms with Gasteiger partial charge in [-0.05, 0) is 23.9 Å². The van der Waals surface area contributed by atoms with Gasteiger partial charge in [-0.2, -0.15) is 0 Å². The Morgan fingerprint density at radius 1 is 1.15 bits per heavy atom. The molecule has 1 heterocycles. The van der Waals surface area contributed by atoms with Crippen molar-refractivity contribution in [2.24, 2.45) is 0 Å². The first-order valence-corrected chi connectivity index (χ1v) is 5.50. The number of hydrogen-bond donors (Lipinski definition) is 0. The molecule has 13 heavy (non-hydrogen) atoms. The van der Waals surface area contributed by atoms with Crippen molar-refractivity contribution in [3.8, 4) is 0 Å². The highest BCUT2D eigenvalue weighted by molar-refractivity contribution is 7.98. The molecule has 0 atom stereocenters. The van der Waals surface area contributed by atoms with Crippen LogP contribution in [0.25, 0.3) is 0 Å². The van der Waals surface area contributed by atoms with E-state index in [2.05, 4.69) is 30.5 Å². The maximum atomic E-state index is 5.38. The molecule has 0 unspecified atom stereocenters. The van der Waals surface area contributed by atoms with Crippen LogP contribution < -0.4 is 5.46 Å². The van der Waals surface area contributed by atoms with Crippen LogP contribution >= 0.6 is 11.8 Å². The zero-order valence-electron chi connectivity index (χ0n) is 7.53. The van der Waals surface area contributed by atoms with E-state index in [9.17, 15) is 0 Å². The normalized spacial score (nSPS) is 16.5. The Kier molecular flexibility index (Phi) is 2.93. The van der Waals surface area contributed by atoms with E-state index in [0.29, 0.717) is 13.2 Å². The fourth-order valence-electron chi connectivity index (χ4n) is 1.31. The molecule has 1 aliphatic heterocycles. The summed E-state index contributed by atoms with van der Waals surface area (Å²) >= 11 is 1.74. The SMILES string of the molecule is CSc1ccc(B2OCCO2)cc1. The van der Waals surface area contributed by atoms with E-state index >= 15 is 0 Å². The van der Waals surface area contributed by atoms with Crippen molar-refractivity contribution < 1.29 is 9.31 Å². The molecular formula is C9H11BO2S. The van der Waals surface area contributed by atoms with Gasteiger partial charge >= 0.3 is 7.12 Å². The van der Waals surface area contributed by atoms with Crippen molar-refractivity contribution in [3.05, 3.63) is 24.3 Å². The third-order valence-electron chi connectivity index (χ3n) is 2.01. The third kappa shape index (κ3) is 2.07. The number of rotatable bonds is 2. The van der Waals surface area contributed by atoms with E-state index in [1.165, 1.54) is 4.90 Å². The highest BCUT2D eigenvalue weighted by Crippen LogP contribution is 2.12. The first-order chi connectivity index (χ1) is 6.40. The van der Waals surface area contributed by atoms with Gasteiger partial charge < -0.3 is 9.31 Å². The van der Waals surface area contributed by atoms with Gasteiger partial charge in [0.05, 0.1) is 13.2 Å². The third-order valence-corrected chi connectivity index (χ3v) is 2.75. The van der Waals surface area contributed by atoms with Crippen LogP contribution in [0.15, 0.2) is 29.2 Å². The minimum absolute atomic E-state index is 0.143. The Balaban J connectivity index is 2.12. The lowest BCUT2D eigenvalue weighted by molar-refractivity contribution is 0.365. The average Bonchev–Trinajstić information content (AvgIpc) is 2.71. The van der Waals surface area contributed by atoms with Gasteiger partial charge in [0.1, 0.15) is 0 Å². The summed E-state index contributed by atoms with van der Waals surface area (Å²) in [6.07, 6.45) is 2.07. The lowest BCUT2D eigenvalue weighted by atomic mass is 9.80. The van der Waals surface area contributed by atoms with E-state index in [1.54, 1.807) is 11.8 Å². The molecule has 1 aromatic carbocycles. The summed E-state index contributed by atoms with van der Waals surface area (Å²) < 4.78 is 10.8. The zero-order valence-corrected chi connectivity index (χ0v) is 8.34. The van der Waals surface area contributed by atoms with E-state index in [1.807, 2.05) is 0 Å². The van der Waals surface area contributed by atoms with Gasteiger partial charge in [0.25, 0.3) is 0 Å². The zero-order chi connectivity index (χ0) is 9.10. The first kappa shape index (κ1) is 9.12. The monoisotopic (exact) mass is 194 g/mol. The smallest absolute Gasteiger partial charge is 0.405 e. The minimum Gasteiger partial charge on any atom is -0.405 e. The second-order valence-electron chi connectivity index (χ2n) is 2.85. The van der Waals surface area contributed by atoms with Crippen LogP contribution in [0.2, 0.25) is 0 Å². The van der Waals surface area contributed by atoms with Gasteiger partial charge in [0.2, 0.25) is 0 Å². The van der Waals surface area contributed by atoms with Crippen LogP contribution in [-0.4, -0.2) is 26.6 Å². The maximum absolute atomic E-state index is 5.38. The molecule has 4 heteroatoms. The second kappa shape index (κ2) is 4.18. The van der Waals surface area contributed by atoms with E-state index in [-0.39, 0.29) is 7.12 Å². The van der Waals surface area contributed by atoms with Gasteiger partial charge in [-0.3, -0.25) is 0 Å². The van der Waals surface area contributed by atoms with E-state index < -0.39 is 0 Å². The highest BCUT2D eigenvalue weighted by atomic mass is 32.2. The molecular weight excluding hydrogens is 183 g/mol. The minimum atomic E-state index is -0.143. The number of thioether (sulfide) groups is 1. The second-order valence-corrected chi connectivity index (χ2v) is 3.73. The number of benzene rings is 1. The summed E-state index contributed by atoms with van der Waals surface area (Å²) in [5.41, 5.74) is 1.11. The van der Waals surface area contributed by atoms with Gasteiger partial charge in [0.15, 0.2) is 0 Å². The van der Waals surface area contributed by atoms with Gasteiger partial charge in [-0.15, -0.1) is 11.8 Å². The fraction of sp³-hybridized carbons (Fsp3) is 0.333. The van der Waals surface area contributed by atoms with Crippen molar-refractivity contribution in [1.82, 2.24) is 0 Å². The molecule has 0 amide bonds. The molecule has 0 aromatic heterocycles. The predicted molar refractivity (Wildman–Crippen MR) is 55.5 cm³/mol. The Labute approximate surface area is 82.8 Å². The van der Waals surface area contributed by atoms with Crippen molar-refractivity contribution in [3.63, 3.8) is 0 Å². The maximum Gasteiger partial charge on any atom is 0.494 e. The Bertz CT molecular complexity index is 269. The molecule has 0 aliphatic carbocycles. The lowest BCUT2D eigenvalue weighted by Crippen LogP contribution is -2.31. The molecule has 1 aromatic rings. The van der Waals surface area contributed by atoms with Gasteiger partial charge in [0, 0.05) is 4.90 Å². The van der Waals surface area contributed by atoms with Crippen molar-refractivity contribution in [1.29, 1.82) is 0 Å². The molecule has 2 nitrogen and oxygen atoms in total. The topological polar surface area (TPSA) is 18.5 Å². The summed E-state index contributed by atoms with van der Waals surface area (Å²) in [6.45, 7) is 1.41. The Morgan fingerprint density at radius 3 is 2.31 bits per heavy atom. The first-order valence-electron chi connectivity index (χ1n) is 4.27. The molecule has 0 radical (unpaired) electrons. The average molecular weight is 194 g/mol. The summed E-state index contributed by atoms with van der Waals surface area (Å²) in [4.78, 5) is 1.27. The molecule has 1 aliphatic rings. The summed E-state index contributed by atoms with van der Waals surface area (Å²) in [5, 5.41) is 0. The molecule has 0 bridgehead atoms. The van der Waals surface area contributed by atoms with Crippen molar-refractivity contribution >= 4 is 24.3 Å². The van der Waals surface area contributed by atoms with E-state index in [4.69, 9.17) is 9.31 Å². The van der Waals surface area contributed by atoms with Gasteiger partial charge in [-0.25, -0.2) is 0 Å².